The van der Waals surface area contributed by atoms with E-state index in [9.17, 15) is 0 Å². The standard InChI is InChI=1S/C21H33N7.HI/c1-5-22-21(23-14-20-17-25(2)11-12-26(20)3)27(4)15-18-13-24-28(16-18)19-9-7-6-8-10-19;/h6-10,13,16,20H,5,11-12,14-15,17H2,1-4H3,(H,22,23);1H. The van der Waals surface area contributed by atoms with Crippen LogP contribution in [0.3, 0.4) is 0 Å². The first-order valence-electron chi connectivity index (χ1n) is 10.0. The molecule has 1 saturated heterocycles. The molecule has 0 radical (unpaired) electrons. The van der Waals surface area contributed by atoms with Gasteiger partial charge in [0, 0.05) is 57.6 Å². The van der Waals surface area contributed by atoms with E-state index in [0.717, 1.165) is 56.5 Å². The molecule has 2 aromatic rings. The zero-order valence-electron chi connectivity index (χ0n) is 18.0. The Bertz CT molecular complexity index is 761. The van der Waals surface area contributed by atoms with Crippen molar-refractivity contribution in [1.82, 2.24) is 29.8 Å². The van der Waals surface area contributed by atoms with E-state index in [-0.39, 0.29) is 24.0 Å². The molecule has 2 heterocycles. The number of hydrogen-bond acceptors (Lipinski definition) is 4. The Morgan fingerprint density at radius 1 is 1.24 bits per heavy atom. The molecule has 1 atom stereocenters. The number of likely N-dealkylation sites (N-methyl/N-ethyl adjacent to an activating group) is 2. The van der Waals surface area contributed by atoms with Gasteiger partial charge in [0.1, 0.15) is 0 Å². The molecule has 3 rings (SSSR count). The van der Waals surface area contributed by atoms with Crippen LogP contribution in [0.25, 0.3) is 5.69 Å². The Morgan fingerprint density at radius 2 is 2.00 bits per heavy atom. The maximum Gasteiger partial charge on any atom is 0.194 e. The zero-order chi connectivity index (χ0) is 19.9. The Morgan fingerprint density at radius 3 is 2.72 bits per heavy atom. The lowest BCUT2D eigenvalue weighted by atomic mass is 10.2. The van der Waals surface area contributed by atoms with Crippen LogP contribution in [-0.2, 0) is 6.54 Å². The molecule has 0 bridgehead atoms. The van der Waals surface area contributed by atoms with Crippen LogP contribution >= 0.6 is 24.0 Å². The fourth-order valence-corrected chi connectivity index (χ4v) is 3.47. The summed E-state index contributed by atoms with van der Waals surface area (Å²) in [6.07, 6.45) is 4.01. The van der Waals surface area contributed by atoms with E-state index in [1.807, 2.05) is 29.1 Å². The molecule has 8 heteroatoms. The average molecular weight is 511 g/mol. The zero-order valence-corrected chi connectivity index (χ0v) is 20.3. The summed E-state index contributed by atoms with van der Waals surface area (Å²) in [5, 5.41) is 7.92. The second-order valence-electron chi connectivity index (χ2n) is 7.58. The number of guanidine groups is 1. The summed E-state index contributed by atoms with van der Waals surface area (Å²) in [6, 6.07) is 10.6. The second kappa shape index (κ2) is 11.5. The van der Waals surface area contributed by atoms with Gasteiger partial charge in [0.2, 0.25) is 0 Å². The lowest BCUT2D eigenvalue weighted by Crippen LogP contribution is -2.51. The molecule has 1 aliphatic rings. The van der Waals surface area contributed by atoms with E-state index in [1.54, 1.807) is 0 Å². The minimum Gasteiger partial charge on any atom is -0.357 e. The summed E-state index contributed by atoms with van der Waals surface area (Å²) in [4.78, 5) is 11.9. The van der Waals surface area contributed by atoms with Crippen LogP contribution < -0.4 is 5.32 Å². The average Bonchev–Trinajstić information content (AvgIpc) is 3.16. The molecule has 1 aromatic carbocycles. The highest BCUT2D eigenvalue weighted by molar-refractivity contribution is 14.0. The molecule has 0 aliphatic carbocycles. The number of rotatable bonds is 6. The Labute approximate surface area is 191 Å². The Hall–Kier alpha value is -1.65. The van der Waals surface area contributed by atoms with E-state index in [2.05, 4.69) is 71.5 Å². The number of halogens is 1. The molecule has 1 unspecified atom stereocenters. The molecule has 0 amide bonds. The number of para-hydroxylation sites is 1. The molecule has 1 aromatic heterocycles. The molecular weight excluding hydrogens is 477 g/mol. The fourth-order valence-electron chi connectivity index (χ4n) is 3.47. The molecule has 29 heavy (non-hydrogen) atoms. The minimum absolute atomic E-state index is 0. The maximum atomic E-state index is 4.92. The van der Waals surface area contributed by atoms with Crippen molar-refractivity contribution in [3.05, 3.63) is 48.3 Å². The summed E-state index contributed by atoms with van der Waals surface area (Å²) >= 11 is 0. The molecule has 0 saturated carbocycles. The first-order valence-corrected chi connectivity index (χ1v) is 10.0. The molecule has 1 aliphatic heterocycles. The third-order valence-corrected chi connectivity index (χ3v) is 5.21. The summed E-state index contributed by atoms with van der Waals surface area (Å²) in [6.45, 7) is 7.82. The van der Waals surface area contributed by atoms with E-state index in [4.69, 9.17) is 4.99 Å². The predicted molar refractivity (Wildman–Crippen MR) is 130 cm³/mol. The Balaban J connectivity index is 0.00000300. The van der Waals surface area contributed by atoms with Gasteiger partial charge in [0.15, 0.2) is 5.96 Å². The van der Waals surface area contributed by atoms with E-state index in [0.29, 0.717) is 6.04 Å². The van der Waals surface area contributed by atoms with Gasteiger partial charge in [-0.3, -0.25) is 9.89 Å². The van der Waals surface area contributed by atoms with Gasteiger partial charge in [-0.2, -0.15) is 5.10 Å². The van der Waals surface area contributed by atoms with Crippen LogP contribution in [0.1, 0.15) is 12.5 Å². The van der Waals surface area contributed by atoms with Crippen LogP contribution in [0.4, 0.5) is 0 Å². The SMILES string of the molecule is CCNC(=NCC1CN(C)CCN1C)N(C)Cc1cnn(-c2ccccc2)c1.I. The van der Waals surface area contributed by atoms with Crippen molar-refractivity contribution < 1.29 is 0 Å². The first kappa shape index (κ1) is 23.6. The lowest BCUT2D eigenvalue weighted by molar-refractivity contribution is 0.119. The van der Waals surface area contributed by atoms with Gasteiger partial charge >= 0.3 is 0 Å². The summed E-state index contributed by atoms with van der Waals surface area (Å²) in [7, 11) is 6.46. The van der Waals surface area contributed by atoms with Crippen LogP contribution in [0.2, 0.25) is 0 Å². The molecule has 0 spiro atoms. The van der Waals surface area contributed by atoms with E-state index in [1.165, 1.54) is 0 Å². The highest BCUT2D eigenvalue weighted by Crippen LogP contribution is 2.10. The highest BCUT2D eigenvalue weighted by Gasteiger charge is 2.22. The summed E-state index contributed by atoms with van der Waals surface area (Å²) in [5.41, 5.74) is 2.23. The van der Waals surface area contributed by atoms with E-state index < -0.39 is 0 Å². The smallest absolute Gasteiger partial charge is 0.194 e. The van der Waals surface area contributed by atoms with Crippen molar-refractivity contribution in [3.8, 4) is 5.69 Å². The van der Waals surface area contributed by atoms with Gasteiger partial charge in [-0.1, -0.05) is 18.2 Å². The van der Waals surface area contributed by atoms with Crippen molar-refractivity contribution in [1.29, 1.82) is 0 Å². The second-order valence-corrected chi connectivity index (χ2v) is 7.58. The van der Waals surface area contributed by atoms with Gasteiger partial charge in [0.25, 0.3) is 0 Å². The normalized spacial score (nSPS) is 18.3. The van der Waals surface area contributed by atoms with Gasteiger partial charge in [-0.15, -0.1) is 24.0 Å². The number of nitrogens with zero attached hydrogens (tertiary/aromatic N) is 6. The largest absolute Gasteiger partial charge is 0.357 e. The number of hydrogen-bond donors (Lipinski definition) is 1. The fraction of sp³-hybridized carbons (Fsp3) is 0.524. The number of benzene rings is 1. The topological polar surface area (TPSA) is 51.9 Å². The summed E-state index contributed by atoms with van der Waals surface area (Å²) in [5.74, 6) is 0.941. The quantitative estimate of drug-likeness (QED) is 0.366. The highest BCUT2D eigenvalue weighted by atomic mass is 127. The summed E-state index contributed by atoms with van der Waals surface area (Å²) < 4.78 is 1.92. The van der Waals surface area contributed by atoms with Crippen molar-refractivity contribution in [3.63, 3.8) is 0 Å². The van der Waals surface area contributed by atoms with Gasteiger partial charge in [-0.05, 0) is 33.2 Å². The van der Waals surface area contributed by atoms with Crippen molar-refractivity contribution in [2.45, 2.75) is 19.5 Å². The van der Waals surface area contributed by atoms with Gasteiger partial charge in [-0.25, -0.2) is 4.68 Å². The first-order chi connectivity index (χ1) is 13.6. The minimum atomic E-state index is 0. The predicted octanol–water partition coefficient (Wildman–Crippen LogP) is 2.13. The van der Waals surface area contributed by atoms with Crippen molar-refractivity contribution in [2.75, 3.05) is 53.9 Å². The lowest BCUT2D eigenvalue weighted by Gasteiger charge is -2.37. The molecule has 1 fully saturated rings. The molecule has 7 nitrogen and oxygen atoms in total. The molecular formula is C21H34IN7. The third kappa shape index (κ3) is 6.68. The number of nitrogens with one attached hydrogen (secondary N) is 1. The molecule has 160 valence electrons. The van der Waals surface area contributed by atoms with Crippen LogP contribution in [0, 0.1) is 0 Å². The van der Waals surface area contributed by atoms with Gasteiger partial charge < -0.3 is 15.1 Å². The van der Waals surface area contributed by atoms with Crippen LogP contribution in [0.15, 0.2) is 47.7 Å². The molecule has 1 N–H and O–H groups in total. The van der Waals surface area contributed by atoms with Gasteiger partial charge in [0.05, 0.1) is 18.4 Å². The van der Waals surface area contributed by atoms with Crippen LogP contribution in [-0.4, -0.2) is 90.3 Å². The third-order valence-electron chi connectivity index (χ3n) is 5.21. The number of aliphatic imine (C=N–C) groups is 1. The maximum absolute atomic E-state index is 4.92. The van der Waals surface area contributed by atoms with Crippen molar-refractivity contribution in [2.24, 2.45) is 4.99 Å². The van der Waals surface area contributed by atoms with Crippen LogP contribution in [0.5, 0.6) is 0 Å². The monoisotopic (exact) mass is 511 g/mol. The van der Waals surface area contributed by atoms with E-state index >= 15 is 0 Å². The Kier molecular flexibility index (Phi) is 9.38. The number of piperazine rings is 1. The number of aromatic nitrogens is 2. The van der Waals surface area contributed by atoms with Crippen molar-refractivity contribution >= 4 is 29.9 Å².